The molecule has 2 aromatic carbocycles. The molecule has 0 saturated heterocycles. The first kappa shape index (κ1) is 22.5. The van der Waals surface area contributed by atoms with Gasteiger partial charge in [-0.1, -0.05) is 48.4 Å². The second-order valence-electron chi connectivity index (χ2n) is 5.29. The minimum Gasteiger partial charge on any atom is -0.388 e. The van der Waals surface area contributed by atoms with Gasteiger partial charge in [-0.2, -0.15) is 0 Å². The van der Waals surface area contributed by atoms with Crippen LogP contribution in [0.25, 0.3) is 0 Å². The van der Waals surface area contributed by atoms with Crippen LogP contribution in [0.3, 0.4) is 0 Å². The third-order valence-corrected chi connectivity index (χ3v) is 2.88. The van der Waals surface area contributed by atoms with Crippen molar-refractivity contribution in [2.45, 2.75) is 42.0 Å². The van der Waals surface area contributed by atoms with Crippen LogP contribution in [0.5, 0.6) is 0 Å². The predicted octanol–water partition coefficient (Wildman–Crippen LogP) is 5.17. The molecule has 0 atom stereocenters. The molecular formula is C20H34N2. The van der Waals surface area contributed by atoms with Crippen LogP contribution in [0, 0.1) is 34.6 Å². The Labute approximate surface area is 137 Å². The highest BCUT2D eigenvalue weighted by Crippen LogP contribution is 2.12. The van der Waals surface area contributed by atoms with Gasteiger partial charge in [-0.05, 0) is 64.9 Å². The van der Waals surface area contributed by atoms with Gasteiger partial charge in [0.15, 0.2) is 0 Å². The number of benzene rings is 2. The van der Waals surface area contributed by atoms with Gasteiger partial charge < -0.3 is 11.1 Å². The summed E-state index contributed by atoms with van der Waals surface area (Å²) in [4.78, 5) is 0. The van der Waals surface area contributed by atoms with Crippen molar-refractivity contribution in [3.05, 3.63) is 64.2 Å². The lowest BCUT2D eigenvalue weighted by atomic mass is 10.1. The first-order chi connectivity index (χ1) is 9.90. The van der Waals surface area contributed by atoms with Crippen molar-refractivity contribution >= 4 is 5.69 Å². The molecule has 0 amide bonds. The zero-order chi connectivity index (χ0) is 16.4. The largest absolute Gasteiger partial charge is 0.388 e. The molecule has 0 saturated carbocycles. The molecule has 0 bridgehead atoms. The molecule has 0 heterocycles. The Bertz CT molecular complexity index is 475. The number of nitrogens with one attached hydrogen (secondary N) is 1. The molecule has 3 N–H and O–H groups in total. The van der Waals surface area contributed by atoms with Crippen LogP contribution in [0.4, 0.5) is 5.69 Å². The maximum atomic E-state index is 4.50. The monoisotopic (exact) mass is 302 g/mol. The van der Waals surface area contributed by atoms with E-state index in [9.17, 15) is 0 Å². The Kier molecular flexibility index (Phi) is 12.1. The average molecular weight is 303 g/mol. The van der Waals surface area contributed by atoms with Crippen molar-refractivity contribution in [1.29, 1.82) is 0 Å². The summed E-state index contributed by atoms with van der Waals surface area (Å²) in [7, 11) is 3.44. The van der Waals surface area contributed by atoms with E-state index in [0.717, 1.165) is 0 Å². The Hall–Kier alpha value is -1.80. The Morgan fingerprint density at radius 3 is 1.05 bits per heavy atom. The van der Waals surface area contributed by atoms with E-state index in [1.165, 1.54) is 40.6 Å². The number of nitrogens with two attached hydrogens (primary N) is 1. The fourth-order valence-electron chi connectivity index (χ4n) is 2.32. The molecule has 0 fully saturated rings. The summed E-state index contributed by atoms with van der Waals surface area (Å²) in [6.45, 7) is 10.6. The van der Waals surface area contributed by atoms with Crippen molar-refractivity contribution in [2.75, 3.05) is 19.4 Å². The van der Waals surface area contributed by atoms with E-state index in [0.29, 0.717) is 0 Å². The maximum Gasteiger partial charge on any atom is 0.0342 e. The molecule has 0 unspecified atom stereocenters. The lowest BCUT2D eigenvalue weighted by Gasteiger charge is -2.02. The smallest absolute Gasteiger partial charge is 0.0342 e. The first-order valence-electron chi connectivity index (χ1n) is 7.29. The number of hydrogen-bond acceptors (Lipinski definition) is 2. The van der Waals surface area contributed by atoms with Crippen LogP contribution in [0.15, 0.2) is 36.4 Å². The fraction of sp³-hybridized carbons (Fsp3) is 0.400. The molecule has 0 spiro atoms. The highest BCUT2D eigenvalue weighted by Gasteiger charge is 1.90. The maximum absolute atomic E-state index is 4.50. The van der Waals surface area contributed by atoms with E-state index < -0.39 is 0 Å². The summed E-state index contributed by atoms with van der Waals surface area (Å²) in [6.07, 6.45) is 0. The Morgan fingerprint density at radius 2 is 0.818 bits per heavy atom. The normalized spacial score (nSPS) is 8.55. The van der Waals surface area contributed by atoms with Crippen LogP contribution < -0.4 is 11.1 Å². The van der Waals surface area contributed by atoms with Crippen molar-refractivity contribution in [2.24, 2.45) is 5.73 Å². The van der Waals surface area contributed by atoms with E-state index in [1.807, 2.05) is 7.05 Å². The van der Waals surface area contributed by atoms with E-state index in [2.05, 4.69) is 82.1 Å². The highest BCUT2D eigenvalue weighted by atomic mass is 14.8. The molecule has 22 heavy (non-hydrogen) atoms. The van der Waals surface area contributed by atoms with Gasteiger partial charge in [0.25, 0.3) is 0 Å². The standard InChI is InChI=1S/C9H13N.C9H12.CH5N.CH4/c1-7-4-8(2)6-9(5-7)10-3;1-7-4-8(2)6-9(3)5-7;1-2;/h4-6,10H,1-3H3;4-6H,1-3H3;2H2,1H3;1H4. The zero-order valence-corrected chi connectivity index (χ0v) is 14.5. The lowest BCUT2D eigenvalue weighted by Crippen LogP contribution is -1.88. The lowest BCUT2D eigenvalue weighted by molar-refractivity contribution is 1.32. The van der Waals surface area contributed by atoms with Gasteiger partial charge in [0.2, 0.25) is 0 Å². The van der Waals surface area contributed by atoms with Gasteiger partial charge >= 0.3 is 0 Å². The minimum atomic E-state index is 0. The van der Waals surface area contributed by atoms with Crippen LogP contribution in [-0.4, -0.2) is 14.1 Å². The van der Waals surface area contributed by atoms with E-state index in [-0.39, 0.29) is 7.43 Å². The molecular weight excluding hydrogens is 268 g/mol. The van der Waals surface area contributed by atoms with Crippen LogP contribution >= 0.6 is 0 Å². The van der Waals surface area contributed by atoms with Crippen molar-refractivity contribution < 1.29 is 0 Å². The van der Waals surface area contributed by atoms with Crippen LogP contribution in [0.1, 0.15) is 35.2 Å². The van der Waals surface area contributed by atoms with Gasteiger partial charge in [0.1, 0.15) is 0 Å². The summed E-state index contributed by atoms with van der Waals surface area (Å²) < 4.78 is 0. The van der Waals surface area contributed by atoms with Crippen LogP contribution in [-0.2, 0) is 0 Å². The number of rotatable bonds is 1. The van der Waals surface area contributed by atoms with Gasteiger partial charge in [-0.25, -0.2) is 0 Å². The summed E-state index contributed by atoms with van der Waals surface area (Å²) >= 11 is 0. The second kappa shape index (κ2) is 11.8. The fourth-order valence-corrected chi connectivity index (χ4v) is 2.32. The van der Waals surface area contributed by atoms with Crippen LogP contribution in [0.2, 0.25) is 0 Å². The van der Waals surface area contributed by atoms with Gasteiger partial charge in [0, 0.05) is 12.7 Å². The number of aryl methyl sites for hydroxylation is 5. The van der Waals surface area contributed by atoms with Crippen molar-refractivity contribution in [3.8, 4) is 0 Å². The van der Waals surface area contributed by atoms with Gasteiger partial charge in [-0.3, -0.25) is 0 Å². The third-order valence-electron chi connectivity index (χ3n) is 2.88. The van der Waals surface area contributed by atoms with Crippen molar-refractivity contribution in [3.63, 3.8) is 0 Å². The average Bonchev–Trinajstić information content (AvgIpc) is 2.39. The van der Waals surface area contributed by atoms with E-state index in [4.69, 9.17) is 0 Å². The van der Waals surface area contributed by atoms with E-state index >= 15 is 0 Å². The molecule has 0 aliphatic rings. The molecule has 0 aromatic heterocycles. The highest BCUT2D eigenvalue weighted by molar-refractivity contribution is 5.47. The predicted molar refractivity (Wildman–Crippen MR) is 103 cm³/mol. The van der Waals surface area contributed by atoms with Gasteiger partial charge in [-0.15, -0.1) is 0 Å². The van der Waals surface area contributed by atoms with E-state index in [1.54, 1.807) is 0 Å². The topological polar surface area (TPSA) is 38.0 Å². The summed E-state index contributed by atoms with van der Waals surface area (Å²) in [5.74, 6) is 0. The molecule has 0 aliphatic heterocycles. The third kappa shape index (κ3) is 9.19. The van der Waals surface area contributed by atoms with Crippen molar-refractivity contribution in [1.82, 2.24) is 0 Å². The molecule has 124 valence electrons. The summed E-state index contributed by atoms with van der Waals surface area (Å²) in [5, 5.41) is 3.11. The minimum absolute atomic E-state index is 0. The first-order valence-corrected chi connectivity index (χ1v) is 7.29. The quantitative estimate of drug-likeness (QED) is 0.763. The molecule has 2 nitrogen and oxygen atoms in total. The number of anilines is 1. The molecule has 0 radical (unpaired) electrons. The zero-order valence-electron chi connectivity index (χ0n) is 14.5. The molecule has 2 rings (SSSR count). The molecule has 2 heteroatoms. The molecule has 2 aromatic rings. The number of hydrogen-bond donors (Lipinski definition) is 2. The Morgan fingerprint density at radius 1 is 0.591 bits per heavy atom. The SMILES string of the molecule is C.CN.CNc1cc(C)cc(C)c1.Cc1cc(C)cc(C)c1. The second-order valence-corrected chi connectivity index (χ2v) is 5.29. The molecule has 0 aliphatic carbocycles. The summed E-state index contributed by atoms with van der Waals surface area (Å²) in [6, 6.07) is 13.0. The van der Waals surface area contributed by atoms with Gasteiger partial charge in [0.05, 0.1) is 0 Å². The summed E-state index contributed by atoms with van der Waals surface area (Å²) in [5.41, 5.74) is 12.4. The Balaban J connectivity index is 0.